The molecule has 1 atom stereocenters. The zero-order valence-corrected chi connectivity index (χ0v) is 18.9. The molecule has 2 aromatic carbocycles. The molecule has 2 saturated heterocycles. The fourth-order valence-corrected chi connectivity index (χ4v) is 4.83. The molecule has 0 spiro atoms. The Bertz CT molecular complexity index is 1170. The number of morpholine rings is 1. The van der Waals surface area contributed by atoms with Crippen LogP contribution in [0.5, 0.6) is 0 Å². The molecule has 8 heteroatoms. The number of likely N-dealkylation sites (tertiary alicyclic amines) is 1. The van der Waals surface area contributed by atoms with E-state index in [-0.39, 0.29) is 18.0 Å². The van der Waals surface area contributed by atoms with Gasteiger partial charge in [0.2, 0.25) is 0 Å². The van der Waals surface area contributed by atoms with Crippen molar-refractivity contribution in [2.24, 2.45) is 0 Å². The van der Waals surface area contributed by atoms with Gasteiger partial charge in [-0.05, 0) is 50.1 Å². The molecule has 1 N–H and O–H groups in total. The van der Waals surface area contributed by atoms with E-state index in [1.807, 2.05) is 29.2 Å². The summed E-state index contributed by atoms with van der Waals surface area (Å²) in [6, 6.07) is 15.0. The first kappa shape index (κ1) is 21.5. The van der Waals surface area contributed by atoms with Gasteiger partial charge in [0.1, 0.15) is 5.82 Å². The largest absolute Gasteiger partial charge is 0.378 e. The van der Waals surface area contributed by atoms with Crippen molar-refractivity contribution in [2.45, 2.75) is 32.4 Å². The fraction of sp³-hybridized carbons (Fsp3) is 0.400. The van der Waals surface area contributed by atoms with Crippen molar-refractivity contribution >= 4 is 28.7 Å². The number of amides is 3. The van der Waals surface area contributed by atoms with E-state index >= 15 is 0 Å². The van der Waals surface area contributed by atoms with Gasteiger partial charge in [0.25, 0.3) is 5.91 Å². The van der Waals surface area contributed by atoms with Crippen LogP contribution >= 0.6 is 0 Å². The average Bonchev–Trinajstić information content (AvgIpc) is 3.49. The highest BCUT2D eigenvalue weighted by molar-refractivity contribution is 5.97. The molecule has 5 rings (SSSR count). The minimum atomic E-state index is -0.164. The molecule has 0 aliphatic carbocycles. The van der Waals surface area contributed by atoms with Gasteiger partial charge in [-0.15, -0.1) is 0 Å². The number of hydrogen-bond donors (Lipinski definition) is 1. The Balaban J connectivity index is 1.34. The fourth-order valence-electron chi connectivity index (χ4n) is 4.83. The number of urea groups is 1. The maximum atomic E-state index is 13.3. The zero-order valence-electron chi connectivity index (χ0n) is 18.9. The maximum Gasteiger partial charge on any atom is 0.322 e. The van der Waals surface area contributed by atoms with Gasteiger partial charge in [-0.25, -0.2) is 9.78 Å². The van der Waals surface area contributed by atoms with E-state index in [0.717, 1.165) is 36.2 Å². The predicted octanol–water partition coefficient (Wildman–Crippen LogP) is 3.90. The number of fused-ring (bicyclic) bond motifs is 1. The molecule has 172 valence electrons. The Kier molecular flexibility index (Phi) is 6.00. The molecule has 2 fully saturated rings. The summed E-state index contributed by atoms with van der Waals surface area (Å²) in [6.45, 7) is 5.87. The second-order valence-corrected chi connectivity index (χ2v) is 8.47. The topological polar surface area (TPSA) is 79.7 Å². The molecule has 33 heavy (non-hydrogen) atoms. The number of anilines is 1. The summed E-state index contributed by atoms with van der Waals surface area (Å²) in [5, 5.41) is 3.01. The van der Waals surface area contributed by atoms with Crippen LogP contribution in [0.1, 0.15) is 42.0 Å². The van der Waals surface area contributed by atoms with Crippen molar-refractivity contribution in [3.8, 4) is 0 Å². The summed E-state index contributed by atoms with van der Waals surface area (Å²) in [4.78, 5) is 34.6. The second-order valence-electron chi connectivity index (χ2n) is 8.47. The number of benzene rings is 2. The number of nitrogens with one attached hydrogen (secondary N) is 1. The van der Waals surface area contributed by atoms with Crippen molar-refractivity contribution < 1.29 is 14.3 Å². The normalized spacial score (nSPS) is 18.6. The first-order valence-corrected chi connectivity index (χ1v) is 11.7. The minimum absolute atomic E-state index is 0.0369. The van der Waals surface area contributed by atoms with E-state index in [9.17, 15) is 9.59 Å². The van der Waals surface area contributed by atoms with Crippen LogP contribution in [-0.4, -0.2) is 64.1 Å². The Hall–Kier alpha value is -3.39. The average molecular weight is 448 g/mol. The Morgan fingerprint density at radius 2 is 1.91 bits per heavy atom. The Labute approximate surface area is 193 Å². The number of rotatable bonds is 4. The highest BCUT2D eigenvalue weighted by Crippen LogP contribution is 2.34. The monoisotopic (exact) mass is 447 g/mol. The third-order valence-corrected chi connectivity index (χ3v) is 6.47. The van der Waals surface area contributed by atoms with Gasteiger partial charge in [0.05, 0.1) is 30.3 Å². The number of aryl methyl sites for hydroxylation is 1. The van der Waals surface area contributed by atoms with E-state index < -0.39 is 0 Å². The predicted molar refractivity (Wildman–Crippen MR) is 126 cm³/mol. The van der Waals surface area contributed by atoms with Gasteiger partial charge in [0, 0.05) is 37.4 Å². The molecular formula is C25H29N5O3. The van der Waals surface area contributed by atoms with Gasteiger partial charge in [-0.3, -0.25) is 4.79 Å². The van der Waals surface area contributed by atoms with E-state index in [2.05, 4.69) is 22.9 Å². The Morgan fingerprint density at radius 1 is 1.09 bits per heavy atom. The van der Waals surface area contributed by atoms with Crippen LogP contribution in [0, 0.1) is 0 Å². The number of nitrogens with zero attached hydrogens (tertiary/aromatic N) is 4. The summed E-state index contributed by atoms with van der Waals surface area (Å²) in [6.07, 6.45) is 1.81. The number of para-hydroxylation sites is 2. The van der Waals surface area contributed by atoms with Crippen LogP contribution < -0.4 is 5.32 Å². The number of carbonyl (C=O) groups is 2. The van der Waals surface area contributed by atoms with E-state index in [1.54, 1.807) is 23.1 Å². The minimum Gasteiger partial charge on any atom is -0.378 e. The molecule has 0 bridgehead atoms. The number of aromatic nitrogens is 2. The molecular weight excluding hydrogens is 418 g/mol. The molecule has 0 radical (unpaired) electrons. The third kappa shape index (κ3) is 4.18. The molecule has 1 aromatic heterocycles. The number of hydrogen-bond acceptors (Lipinski definition) is 4. The van der Waals surface area contributed by atoms with Crippen molar-refractivity contribution in [3.05, 3.63) is 59.9 Å². The van der Waals surface area contributed by atoms with Crippen LogP contribution in [0.25, 0.3) is 11.0 Å². The van der Waals surface area contributed by atoms with Crippen LogP contribution in [0.2, 0.25) is 0 Å². The van der Waals surface area contributed by atoms with Gasteiger partial charge in [-0.2, -0.15) is 0 Å². The van der Waals surface area contributed by atoms with E-state index in [1.165, 1.54) is 0 Å². The maximum absolute atomic E-state index is 13.3. The lowest BCUT2D eigenvalue weighted by atomic mass is 10.1. The van der Waals surface area contributed by atoms with Crippen molar-refractivity contribution in [3.63, 3.8) is 0 Å². The van der Waals surface area contributed by atoms with E-state index in [4.69, 9.17) is 9.72 Å². The molecule has 3 heterocycles. The molecule has 1 unspecified atom stereocenters. The number of ether oxygens (including phenoxy) is 1. The quantitative estimate of drug-likeness (QED) is 0.658. The number of carbonyl (C=O) groups excluding carboxylic acids is 2. The molecule has 3 aromatic rings. The van der Waals surface area contributed by atoms with Crippen molar-refractivity contribution in [2.75, 3.05) is 38.2 Å². The molecule has 0 saturated carbocycles. The highest BCUT2D eigenvalue weighted by atomic mass is 16.5. The molecule has 3 amide bonds. The smallest absolute Gasteiger partial charge is 0.322 e. The number of imidazole rings is 1. The van der Waals surface area contributed by atoms with Crippen LogP contribution in [0.4, 0.5) is 10.5 Å². The lowest BCUT2D eigenvalue weighted by Gasteiger charge is -2.27. The summed E-state index contributed by atoms with van der Waals surface area (Å²) in [5.74, 6) is 0.896. The lowest BCUT2D eigenvalue weighted by molar-refractivity contribution is 0.0303. The first-order chi connectivity index (χ1) is 16.2. The lowest BCUT2D eigenvalue weighted by Crippen LogP contribution is -2.40. The van der Waals surface area contributed by atoms with Gasteiger partial charge >= 0.3 is 6.03 Å². The Morgan fingerprint density at radius 3 is 2.73 bits per heavy atom. The van der Waals surface area contributed by atoms with E-state index in [0.29, 0.717) is 44.1 Å². The van der Waals surface area contributed by atoms with Crippen molar-refractivity contribution in [1.29, 1.82) is 0 Å². The molecule has 8 nitrogen and oxygen atoms in total. The van der Waals surface area contributed by atoms with Gasteiger partial charge < -0.3 is 24.4 Å². The third-order valence-electron chi connectivity index (χ3n) is 6.47. The second kappa shape index (κ2) is 9.23. The SMILES string of the molecule is CCn1c(C2CCCN2C(=O)Nc2cccc(C(=O)N3CCOCC3)c2)nc2ccccc21. The van der Waals surface area contributed by atoms with Crippen LogP contribution in [0.3, 0.4) is 0 Å². The first-order valence-electron chi connectivity index (χ1n) is 11.7. The summed E-state index contributed by atoms with van der Waals surface area (Å²) in [7, 11) is 0. The summed E-state index contributed by atoms with van der Waals surface area (Å²) in [5.41, 5.74) is 3.24. The van der Waals surface area contributed by atoms with Gasteiger partial charge in [-0.1, -0.05) is 18.2 Å². The summed E-state index contributed by atoms with van der Waals surface area (Å²) < 4.78 is 7.54. The highest BCUT2D eigenvalue weighted by Gasteiger charge is 2.33. The van der Waals surface area contributed by atoms with Crippen molar-refractivity contribution in [1.82, 2.24) is 19.4 Å². The van der Waals surface area contributed by atoms with Crippen LogP contribution in [0.15, 0.2) is 48.5 Å². The molecule has 2 aliphatic rings. The summed E-state index contributed by atoms with van der Waals surface area (Å²) >= 11 is 0. The van der Waals surface area contributed by atoms with Crippen LogP contribution in [-0.2, 0) is 11.3 Å². The zero-order chi connectivity index (χ0) is 22.8. The van der Waals surface area contributed by atoms with Gasteiger partial charge in [0.15, 0.2) is 0 Å². The molecule has 2 aliphatic heterocycles. The standard InChI is InChI=1S/C25H29N5O3/c1-2-29-21-10-4-3-9-20(21)27-23(29)22-11-6-12-30(22)25(32)26-19-8-5-7-18(17-19)24(31)28-13-15-33-16-14-28/h3-5,7-10,17,22H,2,6,11-16H2,1H3,(H,26,32).